The number of rotatable bonds is 5. The van der Waals surface area contributed by atoms with Crippen LogP contribution in [0.5, 0.6) is 5.75 Å². The molecule has 0 aliphatic carbocycles. The highest BCUT2D eigenvalue weighted by Crippen LogP contribution is 2.22. The van der Waals surface area contributed by atoms with Gasteiger partial charge in [0, 0.05) is 31.5 Å². The SMILES string of the molecule is CC(C)n1ccnc1CN1CC(Oc2ccccc2F)C1. The molecule has 0 atom stereocenters. The minimum absolute atomic E-state index is 0.0596. The molecule has 1 aromatic carbocycles. The van der Waals surface area contributed by atoms with E-state index in [0.29, 0.717) is 11.8 Å². The van der Waals surface area contributed by atoms with Crippen LogP contribution in [0.3, 0.4) is 0 Å². The summed E-state index contributed by atoms with van der Waals surface area (Å²) in [4.78, 5) is 6.66. The number of aromatic nitrogens is 2. The molecule has 3 rings (SSSR count). The highest BCUT2D eigenvalue weighted by Gasteiger charge is 2.30. The van der Waals surface area contributed by atoms with Gasteiger partial charge in [-0.1, -0.05) is 12.1 Å². The molecule has 1 fully saturated rings. The quantitative estimate of drug-likeness (QED) is 0.848. The van der Waals surface area contributed by atoms with Crippen LogP contribution in [0.2, 0.25) is 0 Å². The Bertz CT molecular complexity index is 605. The molecule has 0 spiro atoms. The van der Waals surface area contributed by atoms with Crippen LogP contribution in [0.1, 0.15) is 25.7 Å². The van der Waals surface area contributed by atoms with E-state index in [2.05, 4.69) is 28.3 Å². The Hall–Kier alpha value is -1.88. The minimum atomic E-state index is -0.300. The topological polar surface area (TPSA) is 30.3 Å². The van der Waals surface area contributed by atoms with Crippen molar-refractivity contribution in [2.75, 3.05) is 13.1 Å². The highest BCUT2D eigenvalue weighted by molar-refractivity contribution is 5.24. The van der Waals surface area contributed by atoms with Crippen molar-refractivity contribution < 1.29 is 9.13 Å². The molecule has 5 heteroatoms. The summed E-state index contributed by atoms with van der Waals surface area (Å²) in [6, 6.07) is 6.96. The van der Waals surface area contributed by atoms with Crippen LogP contribution in [0, 0.1) is 5.82 Å². The Kier molecular flexibility index (Phi) is 3.92. The van der Waals surface area contributed by atoms with E-state index in [1.165, 1.54) is 6.07 Å². The third-order valence-electron chi connectivity index (χ3n) is 3.72. The lowest BCUT2D eigenvalue weighted by atomic mass is 10.1. The molecule has 0 saturated carbocycles. The van der Waals surface area contributed by atoms with Crippen LogP contribution in [0.15, 0.2) is 36.7 Å². The predicted molar refractivity (Wildman–Crippen MR) is 78.7 cm³/mol. The lowest BCUT2D eigenvalue weighted by Crippen LogP contribution is -2.53. The van der Waals surface area contributed by atoms with E-state index < -0.39 is 0 Å². The summed E-state index contributed by atoms with van der Waals surface area (Å²) in [5.41, 5.74) is 0. The van der Waals surface area contributed by atoms with E-state index in [9.17, 15) is 4.39 Å². The first kappa shape index (κ1) is 14.1. The molecule has 1 aliphatic rings. The first-order valence-electron chi connectivity index (χ1n) is 7.28. The maximum Gasteiger partial charge on any atom is 0.165 e. The number of hydrogen-bond acceptors (Lipinski definition) is 3. The second-order valence-electron chi connectivity index (χ2n) is 5.71. The summed E-state index contributed by atoms with van der Waals surface area (Å²) in [5, 5.41) is 0. The maximum absolute atomic E-state index is 13.5. The summed E-state index contributed by atoms with van der Waals surface area (Å²) in [6.07, 6.45) is 3.90. The molecule has 2 heterocycles. The maximum atomic E-state index is 13.5. The molecule has 2 aromatic rings. The van der Waals surface area contributed by atoms with Gasteiger partial charge in [-0.3, -0.25) is 4.90 Å². The second-order valence-corrected chi connectivity index (χ2v) is 5.71. The molecule has 4 nitrogen and oxygen atoms in total. The standard InChI is InChI=1S/C16H20FN3O/c1-12(2)20-8-7-18-16(20)11-19-9-13(10-19)21-15-6-4-3-5-14(15)17/h3-8,12-13H,9-11H2,1-2H3. The molecule has 0 unspecified atom stereocenters. The summed E-state index contributed by atoms with van der Waals surface area (Å²) >= 11 is 0. The smallest absolute Gasteiger partial charge is 0.165 e. The van der Waals surface area contributed by atoms with Crippen LogP contribution in [-0.2, 0) is 6.54 Å². The molecule has 112 valence electrons. The van der Waals surface area contributed by atoms with Crippen molar-refractivity contribution in [2.24, 2.45) is 0 Å². The zero-order valence-corrected chi connectivity index (χ0v) is 12.4. The van der Waals surface area contributed by atoms with Crippen LogP contribution < -0.4 is 4.74 Å². The first-order valence-corrected chi connectivity index (χ1v) is 7.28. The van der Waals surface area contributed by atoms with E-state index in [0.717, 1.165) is 25.5 Å². The van der Waals surface area contributed by atoms with Gasteiger partial charge >= 0.3 is 0 Å². The van der Waals surface area contributed by atoms with Crippen molar-refractivity contribution in [3.05, 3.63) is 48.3 Å². The Morgan fingerprint density at radius 3 is 2.81 bits per heavy atom. The van der Waals surface area contributed by atoms with Gasteiger partial charge in [0.1, 0.15) is 11.9 Å². The summed E-state index contributed by atoms with van der Waals surface area (Å²) < 4.78 is 21.3. The Labute approximate surface area is 124 Å². The van der Waals surface area contributed by atoms with Gasteiger partial charge in [-0.05, 0) is 26.0 Å². The van der Waals surface area contributed by atoms with Crippen molar-refractivity contribution in [1.82, 2.24) is 14.5 Å². The summed E-state index contributed by atoms with van der Waals surface area (Å²) in [6.45, 7) is 6.71. The normalized spacial score (nSPS) is 16.2. The number of imidazole rings is 1. The largest absolute Gasteiger partial charge is 0.485 e. The average Bonchev–Trinajstić information content (AvgIpc) is 2.87. The molecular formula is C16H20FN3O. The van der Waals surface area contributed by atoms with Crippen molar-refractivity contribution in [2.45, 2.75) is 32.5 Å². The molecule has 0 N–H and O–H groups in total. The fraction of sp³-hybridized carbons (Fsp3) is 0.438. The molecule has 21 heavy (non-hydrogen) atoms. The number of para-hydroxylation sites is 1. The van der Waals surface area contributed by atoms with E-state index in [1.807, 2.05) is 12.4 Å². The van der Waals surface area contributed by atoms with Gasteiger partial charge in [-0.15, -0.1) is 0 Å². The predicted octanol–water partition coefficient (Wildman–Crippen LogP) is 2.87. The Morgan fingerprint density at radius 1 is 1.33 bits per heavy atom. The van der Waals surface area contributed by atoms with E-state index in [1.54, 1.807) is 18.2 Å². The lowest BCUT2D eigenvalue weighted by Gasteiger charge is -2.38. The highest BCUT2D eigenvalue weighted by atomic mass is 19.1. The van der Waals surface area contributed by atoms with Gasteiger partial charge in [0.25, 0.3) is 0 Å². The summed E-state index contributed by atoms with van der Waals surface area (Å²) in [5.74, 6) is 1.10. The van der Waals surface area contributed by atoms with Gasteiger partial charge in [0.15, 0.2) is 11.6 Å². The van der Waals surface area contributed by atoms with Gasteiger partial charge in [0.05, 0.1) is 6.54 Å². The number of hydrogen-bond donors (Lipinski definition) is 0. The Morgan fingerprint density at radius 2 is 2.10 bits per heavy atom. The van der Waals surface area contributed by atoms with Gasteiger partial charge < -0.3 is 9.30 Å². The number of nitrogens with zero attached hydrogens (tertiary/aromatic N) is 3. The Balaban J connectivity index is 1.52. The number of halogens is 1. The number of likely N-dealkylation sites (tertiary alicyclic amines) is 1. The average molecular weight is 289 g/mol. The van der Waals surface area contributed by atoms with Crippen LogP contribution in [0.25, 0.3) is 0 Å². The van der Waals surface area contributed by atoms with E-state index >= 15 is 0 Å². The van der Waals surface area contributed by atoms with E-state index in [4.69, 9.17) is 4.74 Å². The zero-order valence-electron chi connectivity index (χ0n) is 12.4. The molecule has 1 aromatic heterocycles. The first-order chi connectivity index (χ1) is 10.1. The molecule has 0 amide bonds. The van der Waals surface area contributed by atoms with Crippen LogP contribution in [-0.4, -0.2) is 33.6 Å². The third kappa shape index (κ3) is 3.08. The number of benzene rings is 1. The third-order valence-corrected chi connectivity index (χ3v) is 3.72. The molecule has 0 radical (unpaired) electrons. The van der Waals surface area contributed by atoms with Crippen LogP contribution in [0.4, 0.5) is 4.39 Å². The number of ether oxygens (including phenoxy) is 1. The summed E-state index contributed by atoms with van der Waals surface area (Å²) in [7, 11) is 0. The molecule has 1 saturated heterocycles. The van der Waals surface area contributed by atoms with Crippen molar-refractivity contribution in [3.8, 4) is 5.75 Å². The van der Waals surface area contributed by atoms with Gasteiger partial charge in [-0.25, -0.2) is 9.37 Å². The van der Waals surface area contributed by atoms with Crippen molar-refractivity contribution in [3.63, 3.8) is 0 Å². The van der Waals surface area contributed by atoms with E-state index in [-0.39, 0.29) is 11.9 Å². The van der Waals surface area contributed by atoms with Gasteiger partial charge in [0.2, 0.25) is 0 Å². The fourth-order valence-electron chi connectivity index (χ4n) is 2.58. The monoisotopic (exact) mass is 289 g/mol. The fourth-order valence-corrected chi connectivity index (χ4v) is 2.58. The van der Waals surface area contributed by atoms with Gasteiger partial charge in [-0.2, -0.15) is 0 Å². The molecular weight excluding hydrogens is 269 g/mol. The van der Waals surface area contributed by atoms with Crippen molar-refractivity contribution >= 4 is 0 Å². The minimum Gasteiger partial charge on any atom is -0.485 e. The zero-order chi connectivity index (χ0) is 14.8. The van der Waals surface area contributed by atoms with Crippen molar-refractivity contribution in [1.29, 1.82) is 0 Å². The van der Waals surface area contributed by atoms with Crippen LogP contribution >= 0.6 is 0 Å². The molecule has 0 bridgehead atoms. The molecule has 1 aliphatic heterocycles. The lowest BCUT2D eigenvalue weighted by molar-refractivity contribution is 0.0100. The second kappa shape index (κ2) is 5.85.